The number of rotatable bonds is 6. The van der Waals surface area contributed by atoms with E-state index in [2.05, 4.69) is 0 Å². The molecule has 2 atom stereocenters. The summed E-state index contributed by atoms with van der Waals surface area (Å²) in [6.45, 7) is 3.78. The predicted octanol–water partition coefficient (Wildman–Crippen LogP) is 2.08. The van der Waals surface area contributed by atoms with E-state index in [9.17, 15) is 8.42 Å². The van der Waals surface area contributed by atoms with Gasteiger partial charge in [0.1, 0.15) is 0 Å². The third-order valence-corrected chi connectivity index (χ3v) is 5.91. The molecular formula is C13H22N2O2S2. The molecule has 0 spiro atoms. The second-order valence-corrected chi connectivity index (χ2v) is 7.59. The molecule has 19 heavy (non-hydrogen) atoms. The molecule has 0 aliphatic heterocycles. The zero-order chi connectivity index (χ0) is 14.6. The lowest BCUT2D eigenvalue weighted by Crippen LogP contribution is -2.36. The van der Waals surface area contributed by atoms with Gasteiger partial charge in [-0.15, -0.1) is 0 Å². The van der Waals surface area contributed by atoms with Crippen molar-refractivity contribution in [1.82, 2.24) is 4.31 Å². The zero-order valence-electron chi connectivity index (χ0n) is 11.8. The van der Waals surface area contributed by atoms with Gasteiger partial charge in [-0.25, -0.2) is 8.42 Å². The molecule has 0 saturated carbocycles. The maximum Gasteiger partial charge on any atom is 0.243 e. The van der Waals surface area contributed by atoms with Crippen molar-refractivity contribution in [3.63, 3.8) is 0 Å². The molecule has 1 aromatic rings. The van der Waals surface area contributed by atoms with E-state index in [1.165, 1.54) is 4.31 Å². The molecule has 0 bridgehead atoms. The Kier molecular flexibility index (Phi) is 5.85. The number of hydrogen-bond donors (Lipinski definition) is 1. The molecular weight excluding hydrogens is 280 g/mol. The van der Waals surface area contributed by atoms with Gasteiger partial charge in [-0.3, -0.25) is 0 Å². The van der Waals surface area contributed by atoms with Crippen LogP contribution < -0.4 is 5.73 Å². The Bertz CT molecular complexity index is 498. The number of sulfonamides is 1. The molecule has 0 aliphatic carbocycles. The number of benzene rings is 1. The van der Waals surface area contributed by atoms with Crippen LogP contribution in [0.5, 0.6) is 0 Å². The van der Waals surface area contributed by atoms with Gasteiger partial charge in [0.15, 0.2) is 0 Å². The van der Waals surface area contributed by atoms with Crippen molar-refractivity contribution in [2.24, 2.45) is 5.73 Å². The number of hydrogen-bond acceptors (Lipinski definition) is 4. The SMILES string of the molecule is CSCC(C)N(C)S(=O)(=O)c1ccc(C(C)N)cc1. The summed E-state index contributed by atoms with van der Waals surface area (Å²) in [4.78, 5) is 0.312. The van der Waals surface area contributed by atoms with E-state index in [0.717, 1.165) is 11.3 Å². The van der Waals surface area contributed by atoms with Crippen LogP contribution in [0.3, 0.4) is 0 Å². The first-order chi connectivity index (χ1) is 8.80. The minimum Gasteiger partial charge on any atom is -0.324 e. The summed E-state index contributed by atoms with van der Waals surface area (Å²) in [5.74, 6) is 0.771. The third kappa shape index (κ3) is 3.95. The van der Waals surface area contributed by atoms with Crippen molar-refractivity contribution in [1.29, 1.82) is 0 Å². The lowest BCUT2D eigenvalue weighted by molar-refractivity contribution is 0.415. The van der Waals surface area contributed by atoms with Gasteiger partial charge in [-0.2, -0.15) is 16.1 Å². The molecule has 2 N–H and O–H groups in total. The fourth-order valence-electron chi connectivity index (χ4n) is 1.69. The van der Waals surface area contributed by atoms with Gasteiger partial charge in [-0.05, 0) is 37.8 Å². The zero-order valence-corrected chi connectivity index (χ0v) is 13.5. The Morgan fingerprint density at radius 1 is 1.26 bits per heavy atom. The van der Waals surface area contributed by atoms with E-state index in [4.69, 9.17) is 5.73 Å². The summed E-state index contributed by atoms with van der Waals surface area (Å²) >= 11 is 1.63. The first-order valence-corrected chi connectivity index (χ1v) is 8.96. The molecule has 0 radical (unpaired) electrons. The molecule has 4 nitrogen and oxygen atoms in total. The van der Waals surface area contributed by atoms with Crippen LogP contribution in [0.25, 0.3) is 0 Å². The summed E-state index contributed by atoms with van der Waals surface area (Å²) < 4.78 is 26.3. The lowest BCUT2D eigenvalue weighted by atomic mass is 10.1. The Morgan fingerprint density at radius 2 is 1.79 bits per heavy atom. The minimum atomic E-state index is -3.42. The van der Waals surface area contributed by atoms with Crippen LogP contribution in [-0.2, 0) is 10.0 Å². The fourth-order valence-corrected chi connectivity index (χ4v) is 3.85. The number of nitrogens with two attached hydrogens (primary N) is 1. The second-order valence-electron chi connectivity index (χ2n) is 4.68. The van der Waals surface area contributed by atoms with Crippen LogP contribution in [0.1, 0.15) is 25.5 Å². The molecule has 0 saturated heterocycles. The summed E-state index contributed by atoms with van der Waals surface area (Å²) in [5, 5.41) is 0. The van der Waals surface area contributed by atoms with Crippen molar-refractivity contribution in [3.05, 3.63) is 29.8 Å². The molecule has 0 aromatic heterocycles. The van der Waals surface area contributed by atoms with E-state index in [-0.39, 0.29) is 12.1 Å². The van der Waals surface area contributed by atoms with Crippen molar-refractivity contribution >= 4 is 21.8 Å². The van der Waals surface area contributed by atoms with Crippen molar-refractivity contribution in [2.45, 2.75) is 30.8 Å². The average Bonchev–Trinajstić information content (AvgIpc) is 2.38. The Hall–Kier alpha value is -0.560. The molecule has 108 valence electrons. The Balaban J connectivity index is 3.00. The molecule has 0 amide bonds. The maximum absolute atomic E-state index is 12.4. The highest BCUT2D eigenvalue weighted by Gasteiger charge is 2.24. The number of nitrogens with zero attached hydrogens (tertiary/aromatic N) is 1. The Morgan fingerprint density at radius 3 is 2.21 bits per heavy atom. The first kappa shape index (κ1) is 16.5. The van der Waals surface area contributed by atoms with Gasteiger partial charge in [0.05, 0.1) is 4.90 Å². The molecule has 0 heterocycles. The predicted molar refractivity (Wildman–Crippen MR) is 81.8 cm³/mol. The van der Waals surface area contributed by atoms with Gasteiger partial charge in [-0.1, -0.05) is 12.1 Å². The van der Waals surface area contributed by atoms with E-state index >= 15 is 0 Å². The smallest absolute Gasteiger partial charge is 0.243 e. The van der Waals surface area contributed by atoms with Crippen LogP contribution in [0.4, 0.5) is 0 Å². The van der Waals surface area contributed by atoms with E-state index in [1.807, 2.05) is 20.1 Å². The maximum atomic E-state index is 12.4. The van der Waals surface area contributed by atoms with Gasteiger partial charge in [0.2, 0.25) is 10.0 Å². The van der Waals surface area contributed by atoms with Crippen LogP contribution in [0, 0.1) is 0 Å². The molecule has 1 aromatic carbocycles. The topological polar surface area (TPSA) is 63.4 Å². The van der Waals surface area contributed by atoms with Gasteiger partial charge in [0, 0.05) is 24.9 Å². The largest absolute Gasteiger partial charge is 0.324 e. The monoisotopic (exact) mass is 302 g/mol. The number of thioether (sulfide) groups is 1. The fraction of sp³-hybridized carbons (Fsp3) is 0.538. The summed E-state index contributed by atoms with van der Waals surface area (Å²) in [6.07, 6.45) is 1.97. The van der Waals surface area contributed by atoms with Crippen LogP contribution in [0.15, 0.2) is 29.2 Å². The van der Waals surface area contributed by atoms with Crippen LogP contribution in [0.2, 0.25) is 0 Å². The lowest BCUT2D eigenvalue weighted by Gasteiger charge is -2.23. The third-order valence-electron chi connectivity index (χ3n) is 3.11. The summed E-state index contributed by atoms with van der Waals surface area (Å²) in [7, 11) is -1.80. The van der Waals surface area contributed by atoms with Crippen LogP contribution >= 0.6 is 11.8 Å². The summed E-state index contributed by atoms with van der Waals surface area (Å²) in [6, 6.07) is 6.65. The highest BCUT2D eigenvalue weighted by molar-refractivity contribution is 7.98. The first-order valence-electron chi connectivity index (χ1n) is 6.13. The highest BCUT2D eigenvalue weighted by Crippen LogP contribution is 2.20. The van der Waals surface area contributed by atoms with Gasteiger partial charge in [0.25, 0.3) is 0 Å². The standard InChI is InChI=1S/C13H22N2O2S2/c1-10(9-18-4)15(3)19(16,17)13-7-5-12(6-8-13)11(2)14/h5-8,10-11H,9,14H2,1-4H3. The van der Waals surface area contributed by atoms with E-state index in [0.29, 0.717) is 4.90 Å². The Labute approximate surface area is 120 Å². The minimum absolute atomic E-state index is 0.0342. The van der Waals surface area contributed by atoms with Crippen LogP contribution in [-0.4, -0.2) is 37.8 Å². The molecule has 1 rings (SSSR count). The highest BCUT2D eigenvalue weighted by atomic mass is 32.2. The van der Waals surface area contributed by atoms with Crippen molar-refractivity contribution in [2.75, 3.05) is 19.1 Å². The average molecular weight is 302 g/mol. The molecule has 0 aliphatic rings. The van der Waals surface area contributed by atoms with Gasteiger partial charge >= 0.3 is 0 Å². The summed E-state index contributed by atoms with van der Waals surface area (Å²) in [5.41, 5.74) is 6.69. The molecule has 6 heteroatoms. The van der Waals surface area contributed by atoms with Gasteiger partial charge < -0.3 is 5.73 Å². The van der Waals surface area contributed by atoms with Crippen molar-refractivity contribution < 1.29 is 8.42 Å². The second kappa shape index (κ2) is 6.74. The normalized spacial score (nSPS) is 15.5. The molecule has 2 unspecified atom stereocenters. The van der Waals surface area contributed by atoms with Crippen molar-refractivity contribution in [3.8, 4) is 0 Å². The quantitative estimate of drug-likeness (QED) is 0.874. The molecule has 0 fully saturated rings. The van der Waals surface area contributed by atoms with E-state index < -0.39 is 10.0 Å². The van der Waals surface area contributed by atoms with E-state index in [1.54, 1.807) is 43.1 Å².